The van der Waals surface area contributed by atoms with Gasteiger partial charge in [0.2, 0.25) is 0 Å². The number of aromatic nitrogens is 4. The Balaban J connectivity index is 1.57. The van der Waals surface area contributed by atoms with Crippen molar-refractivity contribution in [1.29, 1.82) is 0 Å². The highest BCUT2D eigenvalue weighted by molar-refractivity contribution is 5.98. The average molecular weight is 444 g/mol. The summed E-state index contributed by atoms with van der Waals surface area (Å²) in [7, 11) is 1.61. The van der Waals surface area contributed by atoms with Gasteiger partial charge in [-0.2, -0.15) is 0 Å². The zero-order chi connectivity index (χ0) is 23.0. The summed E-state index contributed by atoms with van der Waals surface area (Å²) in [6, 6.07) is 18.7. The number of pyridine rings is 1. The molecule has 0 radical (unpaired) electrons. The highest BCUT2D eigenvalue weighted by Crippen LogP contribution is 2.26. The summed E-state index contributed by atoms with van der Waals surface area (Å²) in [6.45, 7) is 3.10. The van der Waals surface area contributed by atoms with E-state index in [-0.39, 0.29) is 11.6 Å². The third-order valence-corrected chi connectivity index (χ3v) is 4.99. The third-order valence-electron chi connectivity index (χ3n) is 4.99. The number of hydrogen-bond acceptors (Lipinski definition) is 6. The molecule has 0 aliphatic rings. The van der Waals surface area contributed by atoms with Gasteiger partial charge in [-0.05, 0) is 60.5 Å². The molecule has 0 spiro atoms. The second-order valence-electron chi connectivity index (χ2n) is 7.31. The Morgan fingerprint density at radius 3 is 2.45 bits per heavy atom. The van der Waals surface area contributed by atoms with Gasteiger partial charge in [-0.25, -0.2) is 4.68 Å². The molecule has 2 aromatic heterocycles. The average Bonchev–Trinajstić information content (AvgIpc) is 3.32. The maximum absolute atomic E-state index is 13.1. The molecule has 0 fully saturated rings. The van der Waals surface area contributed by atoms with Crippen LogP contribution in [0, 0.1) is 0 Å². The van der Waals surface area contributed by atoms with Gasteiger partial charge >= 0.3 is 0 Å². The first kappa shape index (κ1) is 22.0. The topological polar surface area (TPSA) is 91.2 Å². The van der Waals surface area contributed by atoms with E-state index in [1.54, 1.807) is 24.2 Å². The molecule has 0 atom stereocenters. The van der Waals surface area contributed by atoms with Crippen molar-refractivity contribution in [3.63, 3.8) is 0 Å². The number of ether oxygens (including phenoxy) is 2. The SMILES string of the molecule is CCCOc1ccc(CNC(=O)c2nnn(-c3ccc(OC)cc3)c2-c2cccnc2)cc1. The molecule has 0 saturated heterocycles. The van der Waals surface area contributed by atoms with Gasteiger partial charge in [-0.1, -0.05) is 24.3 Å². The number of nitrogens with zero attached hydrogens (tertiary/aromatic N) is 4. The zero-order valence-electron chi connectivity index (χ0n) is 18.6. The number of methoxy groups -OCH3 is 1. The summed E-state index contributed by atoms with van der Waals surface area (Å²) in [4.78, 5) is 17.3. The molecule has 1 amide bonds. The molecular formula is C25H25N5O3. The standard InChI is InChI=1S/C25H25N5O3/c1-3-15-33-22-10-6-18(7-11-22)16-27-25(31)23-24(19-5-4-14-26-17-19)30(29-28-23)20-8-12-21(32-2)13-9-20/h4-14,17H,3,15-16H2,1-2H3,(H,27,31). The maximum Gasteiger partial charge on any atom is 0.274 e. The summed E-state index contributed by atoms with van der Waals surface area (Å²) in [5.74, 6) is 1.22. The molecule has 0 aliphatic carbocycles. The van der Waals surface area contributed by atoms with Gasteiger partial charge in [-0.15, -0.1) is 5.10 Å². The van der Waals surface area contributed by atoms with Crippen LogP contribution in [-0.4, -0.2) is 39.6 Å². The van der Waals surface area contributed by atoms with Crippen LogP contribution in [-0.2, 0) is 6.54 Å². The molecule has 2 aromatic carbocycles. The van der Waals surface area contributed by atoms with E-state index in [2.05, 4.69) is 27.5 Å². The van der Waals surface area contributed by atoms with Gasteiger partial charge in [0, 0.05) is 24.5 Å². The van der Waals surface area contributed by atoms with Crippen LogP contribution in [0.2, 0.25) is 0 Å². The van der Waals surface area contributed by atoms with Crippen molar-refractivity contribution >= 4 is 5.91 Å². The Labute approximate surface area is 192 Å². The fourth-order valence-electron chi connectivity index (χ4n) is 3.29. The van der Waals surface area contributed by atoms with Crippen LogP contribution in [0.3, 0.4) is 0 Å². The van der Waals surface area contributed by atoms with Crippen LogP contribution in [0.15, 0.2) is 73.1 Å². The maximum atomic E-state index is 13.1. The van der Waals surface area contributed by atoms with Gasteiger partial charge < -0.3 is 14.8 Å². The zero-order valence-corrected chi connectivity index (χ0v) is 18.6. The first-order valence-corrected chi connectivity index (χ1v) is 10.7. The predicted octanol–water partition coefficient (Wildman–Crippen LogP) is 4.06. The molecule has 1 N–H and O–H groups in total. The van der Waals surface area contributed by atoms with Crippen molar-refractivity contribution in [3.05, 3.63) is 84.3 Å². The quantitative estimate of drug-likeness (QED) is 0.420. The van der Waals surface area contributed by atoms with Gasteiger partial charge in [0.1, 0.15) is 17.2 Å². The molecule has 0 unspecified atom stereocenters. The van der Waals surface area contributed by atoms with Crippen molar-refractivity contribution < 1.29 is 14.3 Å². The van der Waals surface area contributed by atoms with E-state index in [4.69, 9.17) is 9.47 Å². The molecular weight excluding hydrogens is 418 g/mol. The number of benzene rings is 2. The molecule has 4 aromatic rings. The van der Waals surface area contributed by atoms with Crippen molar-refractivity contribution in [2.45, 2.75) is 19.9 Å². The predicted molar refractivity (Wildman–Crippen MR) is 125 cm³/mol. The summed E-state index contributed by atoms with van der Waals surface area (Å²) < 4.78 is 12.5. The smallest absolute Gasteiger partial charge is 0.274 e. The number of carbonyl (C=O) groups is 1. The van der Waals surface area contributed by atoms with Crippen LogP contribution < -0.4 is 14.8 Å². The highest BCUT2D eigenvalue weighted by Gasteiger charge is 2.22. The van der Waals surface area contributed by atoms with Gasteiger partial charge in [0.25, 0.3) is 5.91 Å². The van der Waals surface area contributed by atoms with Crippen LogP contribution in [0.1, 0.15) is 29.4 Å². The lowest BCUT2D eigenvalue weighted by atomic mass is 10.1. The first-order valence-electron chi connectivity index (χ1n) is 10.7. The molecule has 168 valence electrons. The van der Waals surface area contributed by atoms with Crippen molar-refractivity contribution in [2.24, 2.45) is 0 Å². The fourth-order valence-corrected chi connectivity index (χ4v) is 3.29. The van der Waals surface area contributed by atoms with E-state index in [0.717, 1.165) is 34.7 Å². The molecule has 33 heavy (non-hydrogen) atoms. The lowest BCUT2D eigenvalue weighted by molar-refractivity contribution is 0.0946. The van der Waals surface area contributed by atoms with Crippen molar-refractivity contribution in [2.75, 3.05) is 13.7 Å². The Kier molecular flexibility index (Phi) is 6.94. The number of nitrogens with one attached hydrogen (secondary N) is 1. The van der Waals surface area contributed by atoms with Gasteiger partial charge in [-0.3, -0.25) is 9.78 Å². The summed E-state index contributed by atoms with van der Waals surface area (Å²) in [6.07, 6.45) is 4.32. The molecule has 4 rings (SSSR count). The highest BCUT2D eigenvalue weighted by atomic mass is 16.5. The Morgan fingerprint density at radius 2 is 1.79 bits per heavy atom. The Morgan fingerprint density at radius 1 is 1.03 bits per heavy atom. The van der Waals surface area contributed by atoms with Gasteiger partial charge in [0.05, 0.1) is 19.4 Å². The minimum Gasteiger partial charge on any atom is -0.497 e. The third kappa shape index (κ3) is 5.17. The molecule has 0 aliphatic heterocycles. The number of rotatable bonds is 9. The Bertz CT molecular complexity index is 1190. The van der Waals surface area contributed by atoms with Crippen LogP contribution in [0.25, 0.3) is 16.9 Å². The first-order chi connectivity index (χ1) is 16.2. The van der Waals surface area contributed by atoms with Crippen molar-refractivity contribution in [1.82, 2.24) is 25.3 Å². The minimum absolute atomic E-state index is 0.224. The van der Waals surface area contributed by atoms with Crippen molar-refractivity contribution in [3.8, 4) is 28.4 Å². The molecule has 8 nitrogen and oxygen atoms in total. The van der Waals surface area contributed by atoms with E-state index in [1.807, 2.05) is 60.7 Å². The van der Waals surface area contributed by atoms with E-state index in [1.165, 1.54) is 0 Å². The van der Waals surface area contributed by atoms with E-state index >= 15 is 0 Å². The number of hydrogen-bond donors (Lipinski definition) is 1. The second-order valence-corrected chi connectivity index (χ2v) is 7.31. The lowest BCUT2D eigenvalue weighted by Crippen LogP contribution is -2.24. The number of carbonyl (C=O) groups excluding carboxylic acids is 1. The molecule has 0 saturated carbocycles. The minimum atomic E-state index is -0.320. The monoisotopic (exact) mass is 443 g/mol. The van der Waals surface area contributed by atoms with E-state index in [0.29, 0.717) is 18.8 Å². The second kappa shape index (κ2) is 10.4. The summed E-state index contributed by atoms with van der Waals surface area (Å²) >= 11 is 0. The van der Waals surface area contributed by atoms with Gasteiger partial charge in [0.15, 0.2) is 5.69 Å². The van der Waals surface area contributed by atoms with Crippen LogP contribution >= 0.6 is 0 Å². The Hall–Kier alpha value is -4.20. The molecule has 0 bridgehead atoms. The molecule has 8 heteroatoms. The molecule has 2 heterocycles. The fraction of sp³-hybridized carbons (Fsp3) is 0.200. The van der Waals surface area contributed by atoms with Crippen LogP contribution in [0.4, 0.5) is 0 Å². The summed E-state index contributed by atoms with van der Waals surface area (Å²) in [5.41, 5.74) is 3.23. The van der Waals surface area contributed by atoms with Crippen LogP contribution in [0.5, 0.6) is 11.5 Å². The van der Waals surface area contributed by atoms with E-state index in [9.17, 15) is 4.79 Å². The normalized spacial score (nSPS) is 10.6. The lowest BCUT2D eigenvalue weighted by Gasteiger charge is -2.10. The summed E-state index contributed by atoms with van der Waals surface area (Å²) in [5, 5.41) is 11.4. The number of amides is 1. The van der Waals surface area contributed by atoms with E-state index < -0.39 is 0 Å². The largest absolute Gasteiger partial charge is 0.497 e.